The van der Waals surface area contributed by atoms with Gasteiger partial charge in [-0.05, 0) is 34.8 Å². The topological polar surface area (TPSA) is 35.5 Å². The van der Waals surface area contributed by atoms with Gasteiger partial charge in [-0.25, -0.2) is 4.79 Å². The Kier molecular flexibility index (Phi) is 3.86. The van der Waals surface area contributed by atoms with Crippen LogP contribution in [-0.2, 0) is 9.47 Å². The van der Waals surface area contributed by atoms with Crippen molar-refractivity contribution in [1.29, 1.82) is 0 Å². The van der Waals surface area contributed by atoms with Gasteiger partial charge in [-0.2, -0.15) is 0 Å². The monoisotopic (exact) mass is 204 g/mol. The zero-order chi connectivity index (χ0) is 8.20. The largest absolute Gasteiger partial charge is 0.516 e. The minimum absolute atomic E-state index is 0.860. The predicted octanol–water partition coefficient (Wildman–Crippen LogP) is 2.61. The van der Waals surface area contributed by atoms with Gasteiger partial charge in [0, 0.05) is 0 Å². The fourth-order valence-electron chi connectivity index (χ4n) is 0.187. The third kappa shape index (κ3) is 6.01. The van der Waals surface area contributed by atoms with Crippen molar-refractivity contribution in [3.8, 4) is 0 Å². The summed E-state index contributed by atoms with van der Waals surface area (Å²) in [5.74, 6) is 0. The third-order valence-electron chi connectivity index (χ3n) is 0.379. The van der Waals surface area contributed by atoms with Crippen molar-refractivity contribution in [2.45, 2.75) is 3.98 Å². The quantitative estimate of drug-likeness (QED) is 0.375. The van der Waals surface area contributed by atoms with E-state index in [1.54, 1.807) is 0 Å². The van der Waals surface area contributed by atoms with Gasteiger partial charge in [-0.3, -0.25) is 0 Å². The number of carbonyl (C=O) groups excluding carboxylic acids is 1. The summed E-state index contributed by atoms with van der Waals surface area (Å²) in [6.45, 7) is 3.08. The number of hydrogen-bond donors (Lipinski definition) is 0. The molecule has 0 rings (SSSR count). The predicted molar refractivity (Wildman–Crippen MR) is 38.1 cm³/mol. The van der Waals surface area contributed by atoms with Crippen LogP contribution in [0, 0.1) is 0 Å². The average molecular weight is 205 g/mol. The van der Waals surface area contributed by atoms with E-state index in [1.165, 1.54) is 0 Å². The molecule has 0 atom stereocenters. The molecule has 0 aliphatic carbocycles. The number of ether oxygens (including phenoxy) is 2. The summed E-state index contributed by atoms with van der Waals surface area (Å²) in [4.78, 5) is 10.3. The van der Waals surface area contributed by atoms with E-state index < -0.39 is 10.1 Å². The number of hydrogen-bond acceptors (Lipinski definition) is 3. The summed E-state index contributed by atoms with van der Waals surface area (Å²) in [5, 5.41) is 0. The van der Waals surface area contributed by atoms with Gasteiger partial charge < -0.3 is 9.47 Å². The molecule has 6 heteroatoms. The molecular formula is C4H3Cl3O3. The Balaban J connectivity index is 3.68. The molecule has 58 valence electrons. The fraction of sp³-hybridized carbons (Fsp3) is 0.250. The van der Waals surface area contributed by atoms with Crippen LogP contribution in [0.4, 0.5) is 4.79 Å². The van der Waals surface area contributed by atoms with Gasteiger partial charge in [0.15, 0.2) is 0 Å². The second-order valence-corrected chi connectivity index (χ2v) is 3.26. The van der Waals surface area contributed by atoms with E-state index >= 15 is 0 Å². The van der Waals surface area contributed by atoms with Crippen molar-refractivity contribution >= 4 is 41.0 Å². The first-order valence-corrected chi connectivity index (χ1v) is 3.16. The van der Waals surface area contributed by atoms with Gasteiger partial charge in [0.25, 0.3) is 0 Å². The Hall–Kier alpha value is -0.120. The van der Waals surface area contributed by atoms with Crippen molar-refractivity contribution in [2.24, 2.45) is 0 Å². The second kappa shape index (κ2) is 3.91. The highest BCUT2D eigenvalue weighted by atomic mass is 35.6. The molecule has 0 aliphatic heterocycles. The van der Waals surface area contributed by atoms with Crippen molar-refractivity contribution in [1.82, 2.24) is 0 Å². The normalized spacial score (nSPS) is 10.3. The molecule has 0 heterocycles. The Morgan fingerprint density at radius 1 is 1.50 bits per heavy atom. The molecule has 0 aromatic rings. The standard InChI is InChI=1S/C4H3Cl3O3/c1-2-9-3(8)10-4(5,6)7/h2H,1H2. The first-order chi connectivity index (χ1) is 4.45. The van der Waals surface area contributed by atoms with Crippen molar-refractivity contribution < 1.29 is 14.3 Å². The molecule has 3 nitrogen and oxygen atoms in total. The van der Waals surface area contributed by atoms with Crippen molar-refractivity contribution in [3.63, 3.8) is 0 Å². The minimum Gasteiger partial charge on any atom is -0.404 e. The molecule has 0 unspecified atom stereocenters. The first-order valence-electron chi connectivity index (χ1n) is 2.03. The maximum atomic E-state index is 10.3. The molecule has 0 aromatic heterocycles. The molecule has 0 spiro atoms. The summed E-state index contributed by atoms with van der Waals surface area (Å²) in [6.07, 6.45) is -0.256. The lowest BCUT2D eigenvalue weighted by Crippen LogP contribution is -2.15. The Labute approximate surface area is 72.4 Å². The summed E-state index contributed by atoms with van der Waals surface area (Å²) in [7, 11) is 0. The SMILES string of the molecule is C=COC(=O)OC(Cl)(Cl)Cl. The maximum Gasteiger partial charge on any atom is 0.516 e. The third-order valence-corrected chi connectivity index (χ3v) is 0.610. The van der Waals surface area contributed by atoms with E-state index in [2.05, 4.69) is 16.1 Å². The summed E-state index contributed by atoms with van der Waals surface area (Å²) >= 11 is 15.1. The zero-order valence-corrected chi connectivity index (χ0v) is 6.91. The smallest absolute Gasteiger partial charge is 0.404 e. The molecule has 0 N–H and O–H groups in total. The van der Waals surface area contributed by atoms with Gasteiger partial charge in [-0.15, -0.1) is 0 Å². The van der Waals surface area contributed by atoms with Gasteiger partial charge in [0.05, 0.1) is 6.26 Å². The molecule has 10 heavy (non-hydrogen) atoms. The Bertz CT molecular complexity index is 139. The molecular weight excluding hydrogens is 202 g/mol. The highest BCUT2D eigenvalue weighted by Gasteiger charge is 2.25. The van der Waals surface area contributed by atoms with Crippen LogP contribution in [-0.4, -0.2) is 10.1 Å². The number of halogens is 3. The minimum atomic E-state index is -2.08. The highest BCUT2D eigenvalue weighted by Crippen LogP contribution is 2.27. The van der Waals surface area contributed by atoms with Crippen LogP contribution < -0.4 is 0 Å². The fourth-order valence-corrected chi connectivity index (χ4v) is 0.376. The molecule has 0 radical (unpaired) electrons. The van der Waals surface area contributed by atoms with Crippen LogP contribution in [0.2, 0.25) is 0 Å². The van der Waals surface area contributed by atoms with Crippen LogP contribution in [0.1, 0.15) is 0 Å². The van der Waals surface area contributed by atoms with E-state index in [0.29, 0.717) is 0 Å². The van der Waals surface area contributed by atoms with E-state index in [1.807, 2.05) is 0 Å². The van der Waals surface area contributed by atoms with Crippen molar-refractivity contribution in [2.75, 3.05) is 0 Å². The molecule has 0 bridgehead atoms. The van der Waals surface area contributed by atoms with E-state index in [9.17, 15) is 4.79 Å². The summed E-state index contributed by atoms with van der Waals surface area (Å²) in [5.41, 5.74) is 0. The van der Waals surface area contributed by atoms with E-state index in [0.717, 1.165) is 6.26 Å². The van der Waals surface area contributed by atoms with Gasteiger partial charge >= 0.3 is 10.1 Å². The van der Waals surface area contributed by atoms with E-state index in [4.69, 9.17) is 34.8 Å². The van der Waals surface area contributed by atoms with Crippen LogP contribution in [0.15, 0.2) is 12.8 Å². The van der Waals surface area contributed by atoms with Gasteiger partial charge in [0.1, 0.15) is 0 Å². The number of carbonyl (C=O) groups is 1. The Morgan fingerprint density at radius 2 is 2.00 bits per heavy atom. The van der Waals surface area contributed by atoms with Gasteiger partial charge in [0.2, 0.25) is 0 Å². The first kappa shape index (κ1) is 9.88. The second-order valence-electron chi connectivity index (χ2n) is 1.08. The average Bonchev–Trinajstić information content (AvgIpc) is 1.59. The van der Waals surface area contributed by atoms with Crippen LogP contribution in [0.3, 0.4) is 0 Å². The highest BCUT2D eigenvalue weighted by molar-refractivity contribution is 6.66. The van der Waals surface area contributed by atoms with E-state index in [-0.39, 0.29) is 0 Å². The molecule has 0 amide bonds. The van der Waals surface area contributed by atoms with Crippen molar-refractivity contribution in [3.05, 3.63) is 12.8 Å². The molecule has 0 saturated carbocycles. The van der Waals surface area contributed by atoms with Gasteiger partial charge in [-0.1, -0.05) is 6.58 Å². The lowest BCUT2D eigenvalue weighted by molar-refractivity contribution is 0.0826. The lowest BCUT2D eigenvalue weighted by atomic mass is 11.1. The van der Waals surface area contributed by atoms with Crippen LogP contribution >= 0.6 is 34.8 Å². The molecule has 0 saturated heterocycles. The molecule has 0 aliphatic rings. The lowest BCUT2D eigenvalue weighted by Gasteiger charge is -2.09. The number of rotatable bonds is 1. The maximum absolute atomic E-state index is 10.3. The molecule has 0 fully saturated rings. The Morgan fingerprint density at radius 3 is 2.30 bits per heavy atom. The summed E-state index contributed by atoms with van der Waals surface area (Å²) < 4.78 is 6.03. The van der Waals surface area contributed by atoms with Crippen LogP contribution in [0.25, 0.3) is 0 Å². The van der Waals surface area contributed by atoms with Crippen LogP contribution in [0.5, 0.6) is 0 Å². The molecule has 0 aromatic carbocycles. The number of alkyl halides is 3. The zero-order valence-electron chi connectivity index (χ0n) is 4.64. The summed E-state index contributed by atoms with van der Waals surface area (Å²) in [6, 6.07) is 0.